The standard InChI is InChI=1S/C15H19NO4S/c1-21(20)9-11-3-2-4-12(7-11)14(17)16-13(15(18)19)8-10-5-6-10/h2-4,7,10,13H,5-6,8-9H2,1H3,(H,16,17)(H,18,19). The number of hydrogen-bond donors (Lipinski definition) is 2. The van der Waals surface area contributed by atoms with Crippen molar-refractivity contribution >= 4 is 22.7 Å². The molecule has 1 aliphatic rings. The average Bonchev–Trinajstić information content (AvgIpc) is 3.21. The van der Waals surface area contributed by atoms with Gasteiger partial charge >= 0.3 is 5.97 Å². The molecule has 1 aromatic carbocycles. The third-order valence-electron chi connectivity index (χ3n) is 3.43. The van der Waals surface area contributed by atoms with E-state index in [1.165, 1.54) is 0 Å². The molecule has 0 aliphatic heterocycles. The summed E-state index contributed by atoms with van der Waals surface area (Å²) in [5.41, 5.74) is 1.21. The number of nitrogens with one attached hydrogen (secondary N) is 1. The van der Waals surface area contributed by atoms with Gasteiger partial charge in [0, 0.05) is 28.4 Å². The fourth-order valence-electron chi connectivity index (χ4n) is 2.19. The van der Waals surface area contributed by atoms with Crippen LogP contribution in [0.1, 0.15) is 35.2 Å². The Morgan fingerprint density at radius 2 is 2.14 bits per heavy atom. The quantitative estimate of drug-likeness (QED) is 0.800. The summed E-state index contributed by atoms with van der Waals surface area (Å²) in [6, 6.07) is 5.97. The molecule has 0 heterocycles. The van der Waals surface area contributed by atoms with Gasteiger partial charge in [-0.2, -0.15) is 0 Å². The van der Waals surface area contributed by atoms with Crippen molar-refractivity contribution in [2.75, 3.05) is 6.26 Å². The summed E-state index contributed by atoms with van der Waals surface area (Å²) in [5.74, 6) is -0.598. The van der Waals surface area contributed by atoms with Gasteiger partial charge < -0.3 is 10.4 Å². The van der Waals surface area contributed by atoms with Crippen LogP contribution in [0.3, 0.4) is 0 Å². The molecule has 114 valence electrons. The number of hydrogen-bond acceptors (Lipinski definition) is 3. The van der Waals surface area contributed by atoms with E-state index in [1.807, 2.05) is 0 Å². The summed E-state index contributed by atoms with van der Waals surface area (Å²) in [6.07, 6.45) is 4.16. The molecule has 5 nitrogen and oxygen atoms in total. The SMILES string of the molecule is CS(=O)Cc1cccc(C(=O)NC(CC2CC2)C(=O)O)c1. The number of carboxylic acids is 1. The van der Waals surface area contributed by atoms with Gasteiger partial charge in [0.15, 0.2) is 0 Å². The lowest BCUT2D eigenvalue weighted by atomic mass is 10.1. The molecule has 0 radical (unpaired) electrons. The first-order chi connectivity index (χ1) is 9.95. The van der Waals surface area contributed by atoms with Crippen molar-refractivity contribution in [1.82, 2.24) is 5.32 Å². The molecule has 0 aromatic heterocycles. The highest BCUT2D eigenvalue weighted by molar-refractivity contribution is 7.83. The van der Waals surface area contributed by atoms with Crippen LogP contribution in [0.2, 0.25) is 0 Å². The lowest BCUT2D eigenvalue weighted by Gasteiger charge is -2.14. The number of carbonyl (C=O) groups excluding carboxylic acids is 1. The summed E-state index contributed by atoms with van der Waals surface area (Å²) in [4.78, 5) is 23.3. The second-order valence-electron chi connectivity index (χ2n) is 5.46. The molecule has 0 spiro atoms. The molecule has 0 saturated heterocycles. The molecule has 1 fully saturated rings. The lowest BCUT2D eigenvalue weighted by Crippen LogP contribution is -2.41. The van der Waals surface area contributed by atoms with E-state index in [-0.39, 0.29) is 0 Å². The number of benzene rings is 1. The molecule has 1 saturated carbocycles. The Bertz CT molecular complexity index is 569. The van der Waals surface area contributed by atoms with Crippen LogP contribution in [-0.4, -0.2) is 33.5 Å². The minimum Gasteiger partial charge on any atom is -0.480 e. The molecule has 1 aromatic rings. The van der Waals surface area contributed by atoms with Gasteiger partial charge in [-0.3, -0.25) is 9.00 Å². The first-order valence-corrected chi connectivity index (χ1v) is 8.61. The van der Waals surface area contributed by atoms with Crippen LogP contribution in [0.5, 0.6) is 0 Å². The number of aliphatic carboxylic acids is 1. The Balaban J connectivity index is 2.03. The van der Waals surface area contributed by atoms with Crippen LogP contribution < -0.4 is 5.32 Å². The van der Waals surface area contributed by atoms with E-state index in [2.05, 4.69) is 5.32 Å². The minimum absolute atomic E-state index is 0.381. The van der Waals surface area contributed by atoms with E-state index >= 15 is 0 Å². The number of amides is 1. The Labute approximate surface area is 126 Å². The van der Waals surface area contributed by atoms with Gasteiger partial charge in [0.2, 0.25) is 0 Å². The zero-order valence-corrected chi connectivity index (χ0v) is 12.7. The molecular weight excluding hydrogens is 290 g/mol. The van der Waals surface area contributed by atoms with Gasteiger partial charge in [0.25, 0.3) is 5.91 Å². The van der Waals surface area contributed by atoms with Crippen molar-refractivity contribution < 1.29 is 18.9 Å². The van der Waals surface area contributed by atoms with Crippen LogP contribution in [0, 0.1) is 5.92 Å². The van der Waals surface area contributed by atoms with Crippen molar-refractivity contribution in [2.24, 2.45) is 5.92 Å². The monoisotopic (exact) mass is 309 g/mol. The third-order valence-corrected chi connectivity index (χ3v) is 4.17. The van der Waals surface area contributed by atoms with Gasteiger partial charge in [0.05, 0.1) is 0 Å². The number of rotatable bonds is 7. The zero-order valence-electron chi connectivity index (χ0n) is 11.9. The van der Waals surface area contributed by atoms with Gasteiger partial charge in [-0.1, -0.05) is 25.0 Å². The van der Waals surface area contributed by atoms with Gasteiger partial charge in [0.1, 0.15) is 6.04 Å². The smallest absolute Gasteiger partial charge is 0.326 e. The van der Waals surface area contributed by atoms with E-state index < -0.39 is 28.7 Å². The first kappa shape index (κ1) is 15.7. The normalized spacial score (nSPS) is 17.0. The molecule has 6 heteroatoms. The second kappa shape index (κ2) is 6.85. The number of carbonyl (C=O) groups is 2. The van der Waals surface area contributed by atoms with Crippen molar-refractivity contribution in [3.63, 3.8) is 0 Å². The van der Waals surface area contributed by atoms with Crippen LogP contribution in [0.25, 0.3) is 0 Å². The maximum atomic E-state index is 12.1. The van der Waals surface area contributed by atoms with E-state index in [9.17, 15) is 13.8 Å². The average molecular weight is 309 g/mol. The van der Waals surface area contributed by atoms with Gasteiger partial charge in [-0.05, 0) is 30.0 Å². The van der Waals surface area contributed by atoms with Crippen LogP contribution in [0.15, 0.2) is 24.3 Å². The molecule has 2 rings (SSSR count). The molecule has 21 heavy (non-hydrogen) atoms. The summed E-state index contributed by atoms with van der Waals surface area (Å²) in [5, 5.41) is 11.7. The Hall–Kier alpha value is -1.69. The van der Waals surface area contributed by atoms with Gasteiger partial charge in [-0.25, -0.2) is 4.79 Å². The summed E-state index contributed by atoms with van der Waals surface area (Å²) in [7, 11) is -0.981. The zero-order chi connectivity index (χ0) is 15.4. The summed E-state index contributed by atoms with van der Waals surface area (Å²) < 4.78 is 11.2. The van der Waals surface area contributed by atoms with Crippen molar-refractivity contribution in [1.29, 1.82) is 0 Å². The highest BCUT2D eigenvalue weighted by Crippen LogP contribution is 2.33. The van der Waals surface area contributed by atoms with Gasteiger partial charge in [-0.15, -0.1) is 0 Å². The third kappa shape index (κ3) is 4.97. The number of carboxylic acid groups (broad SMARTS) is 1. The molecule has 2 atom stereocenters. The molecule has 1 amide bonds. The maximum absolute atomic E-state index is 12.1. The Kier molecular flexibility index (Phi) is 5.12. The molecular formula is C15H19NO4S. The largest absolute Gasteiger partial charge is 0.480 e. The summed E-state index contributed by atoms with van der Waals surface area (Å²) >= 11 is 0. The van der Waals surface area contributed by atoms with Crippen molar-refractivity contribution in [3.8, 4) is 0 Å². The van der Waals surface area contributed by atoms with Crippen molar-refractivity contribution in [2.45, 2.75) is 31.1 Å². The van der Waals surface area contributed by atoms with Crippen LogP contribution >= 0.6 is 0 Å². The molecule has 0 bridgehead atoms. The lowest BCUT2D eigenvalue weighted by molar-refractivity contribution is -0.139. The summed E-state index contributed by atoms with van der Waals surface area (Å²) in [6.45, 7) is 0. The van der Waals surface area contributed by atoms with Crippen LogP contribution in [0.4, 0.5) is 0 Å². The first-order valence-electron chi connectivity index (χ1n) is 6.88. The fourth-order valence-corrected chi connectivity index (χ4v) is 2.84. The van der Waals surface area contributed by atoms with E-state index in [1.54, 1.807) is 30.5 Å². The molecule has 2 unspecified atom stereocenters. The highest BCUT2D eigenvalue weighted by atomic mass is 32.2. The Morgan fingerprint density at radius 3 is 2.71 bits per heavy atom. The van der Waals surface area contributed by atoms with Crippen LogP contribution in [-0.2, 0) is 21.3 Å². The maximum Gasteiger partial charge on any atom is 0.326 e. The second-order valence-corrected chi connectivity index (χ2v) is 6.90. The predicted octanol–water partition coefficient (Wildman–Crippen LogP) is 1.55. The molecule has 1 aliphatic carbocycles. The van der Waals surface area contributed by atoms with E-state index in [0.29, 0.717) is 23.7 Å². The fraction of sp³-hybridized carbons (Fsp3) is 0.467. The topological polar surface area (TPSA) is 83.5 Å². The minimum atomic E-state index is -0.999. The Morgan fingerprint density at radius 1 is 1.43 bits per heavy atom. The molecule has 2 N–H and O–H groups in total. The highest BCUT2D eigenvalue weighted by Gasteiger charge is 2.30. The van der Waals surface area contributed by atoms with E-state index in [4.69, 9.17) is 5.11 Å². The van der Waals surface area contributed by atoms with E-state index in [0.717, 1.165) is 18.4 Å². The predicted molar refractivity (Wildman–Crippen MR) is 80.4 cm³/mol. The van der Waals surface area contributed by atoms with Crippen molar-refractivity contribution in [3.05, 3.63) is 35.4 Å².